The first-order chi connectivity index (χ1) is 11.0. The van der Waals surface area contributed by atoms with Gasteiger partial charge in [-0.2, -0.15) is 5.10 Å². The van der Waals surface area contributed by atoms with Crippen molar-refractivity contribution in [2.45, 2.75) is 12.3 Å². The number of nitrogens with one attached hydrogen (secondary N) is 4. The minimum Gasteiger partial charge on any atom is -0.314 e. The first-order valence-electron chi connectivity index (χ1n) is 6.74. The van der Waals surface area contributed by atoms with Gasteiger partial charge in [-0.05, 0) is 17.7 Å². The summed E-state index contributed by atoms with van der Waals surface area (Å²) in [6, 6.07) is 4.67. The second-order valence-corrected chi connectivity index (χ2v) is 4.96. The number of urea groups is 2. The molecule has 2 unspecified atom stereocenters. The van der Waals surface area contributed by atoms with E-state index in [1.807, 2.05) is 0 Å². The largest absolute Gasteiger partial charge is 0.321 e. The molecule has 0 aliphatic carbocycles. The van der Waals surface area contributed by atoms with Crippen LogP contribution in [0.2, 0.25) is 0 Å². The van der Waals surface area contributed by atoms with Crippen LogP contribution in [0.25, 0.3) is 0 Å². The maximum absolute atomic E-state index is 12.7. The summed E-state index contributed by atoms with van der Waals surface area (Å²) in [5.41, 5.74) is 2.88. The topological polar surface area (TPSA) is 115 Å². The van der Waals surface area contributed by atoms with Crippen molar-refractivity contribution in [3.05, 3.63) is 35.6 Å². The standard InChI is InChI=1S/C13H13FN6O3/c14-8-3-1-7(2-4-8)5-15-19-9(21)6-20-11-10(17-13(20)23)16-12(22)18-11/h1-5,10-11H,6H2,(H,17,23)(H,19,21)(H2,16,18,22). The first kappa shape index (κ1) is 14.8. The molecule has 0 saturated carbocycles. The zero-order chi connectivity index (χ0) is 16.4. The van der Waals surface area contributed by atoms with Crippen LogP contribution in [0.15, 0.2) is 29.4 Å². The summed E-state index contributed by atoms with van der Waals surface area (Å²) in [6.07, 6.45) is 0.163. The van der Waals surface area contributed by atoms with Crippen LogP contribution in [0.4, 0.5) is 14.0 Å². The fourth-order valence-corrected chi connectivity index (χ4v) is 2.28. The number of hydrogen-bond acceptors (Lipinski definition) is 4. The highest BCUT2D eigenvalue weighted by Gasteiger charge is 2.45. The molecule has 1 aromatic carbocycles. The van der Waals surface area contributed by atoms with Gasteiger partial charge < -0.3 is 16.0 Å². The summed E-state index contributed by atoms with van der Waals surface area (Å²) in [4.78, 5) is 35.9. The van der Waals surface area contributed by atoms with E-state index in [1.165, 1.54) is 35.4 Å². The highest BCUT2D eigenvalue weighted by molar-refractivity contribution is 5.89. The van der Waals surface area contributed by atoms with Gasteiger partial charge in [-0.1, -0.05) is 12.1 Å². The molecular formula is C13H13FN6O3. The maximum atomic E-state index is 12.7. The molecule has 0 aromatic heterocycles. The molecular weight excluding hydrogens is 307 g/mol. The quantitative estimate of drug-likeness (QED) is 0.433. The highest BCUT2D eigenvalue weighted by atomic mass is 19.1. The fourth-order valence-electron chi connectivity index (χ4n) is 2.28. The van der Waals surface area contributed by atoms with Crippen molar-refractivity contribution in [2.24, 2.45) is 5.10 Å². The van der Waals surface area contributed by atoms with E-state index in [0.29, 0.717) is 5.56 Å². The Kier molecular flexibility index (Phi) is 3.79. The van der Waals surface area contributed by atoms with Crippen molar-refractivity contribution in [1.82, 2.24) is 26.3 Å². The molecule has 23 heavy (non-hydrogen) atoms. The number of nitrogens with zero attached hydrogens (tertiary/aromatic N) is 2. The molecule has 3 rings (SSSR count). The summed E-state index contributed by atoms with van der Waals surface area (Å²) >= 11 is 0. The van der Waals surface area contributed by atoms with Crippen molar-refractivity contribution < 1.29 is 18.8 Å². The van der Waals surface area contributed by atoms with Gasteiger partial charge in [-0.3, -0.25) is 9.69 Å². The van der Waals surface area contributed by atoms with E-state index in [1.54, 1.807) is 0 Å². The number of hydrazone groups is 1. The van der Waals surface area contributed by atoms with Crippen LogP contribution >= 0.6 is 0 Å². The SMILES string of the molecule is O=C(CN1C(=O)NC2NC(=O)NC21)NN=Cc1ccc(F)cc1. The number of hydrogen-bond donors (Lipinski definition) is 4. The zero-order valence-electron chi connectivity index (χ0n) is 11.7. The Labute approximate surface area is 129 Å². The summed E-state index contributed by atoms with van der Waals surface area (Å²) in [5, 5.41) is 11.3. The van der Waals surface area contributed by atoms with Gasteiger partial charge in [0.15, 0.2) is 0 Å². The van der Waals surface area contributed by atoms with E-state index < -0.39 is 30.3 Å². The van der Waals surface area contributed by atoms with Gasteiger partial charge in [0.25, 0.3) is 5.91 Å². The van der Waals surface area contributed by atoms with Crippen LogP contribution in [0.1, 0.15) is 5.56 Å². The minimum atomic E-state index is -0.623. The van der Waals surface area contributed by atoms with Gasteiger partial charge in [0, 0.05) is 0 Å². The molecule has 0 radical (unpaired) electrons. The third-order valence-electron chi connectivity index (χ3n) is 3.34. The maximum Gasteiger partial charge on any atom is 0.321 e. The molecule has 10 heteroatoms. The monoisotopic (exact) mass is 320 g/mol. The predicted molar refractivity (Wildman–Crippen MR) is 76.6 cm³/mol. The van der Waals surface area contributed by atoms with Gasteiger partial charge in [0.2, 0.25) is 0 Å². The molecule has 2 saturated heterocycles. The van der Waals surface area contributed by atoms with E-state index in [2.05, 4.69) is 26.5 Å². The Morgan fingerprint density at radius 1 is 1.26 bits per heavy atom. The van der Waals surface area contributed by atoms with Crippen LogP contribution < -0.4 is 21.4 Å². The van der Waals surface area contributed by atoms with E-state index >= 15 is 0 Å². The van der Waals surface area contributed by atoms with Crippen molar-refractivity contribution in [3.63, 3.8) is 0 Å². The van der Waals surface area contributed by atoms with E-state index in [4.69, 9.17) is 0 Å². The molecule has 2 heterocycles. The molecule has 2 fully saturated rings. The molecule has 9 nitrogen and oxygen atoms in total. The molecule has 0 spiro atoms. The van der Waals surface area contributed by atoms with Crippen LogP contribution in [0.5, 0.6) is 0 Å². The lowest BCUT2D eigenvalue weighted by atomic mass is 10.2. The van der Waals surface area contributed by atoms with Gasteiger partial charge in [-0.25, -0.2) is 19.4 Å². The third kappa shape index (κ3) is 3.20. The summed E-state index contributed by atoms with van der Waals surface area (Å²) < 4.78 is 12.7. The summed E-state index contributed by atoms with van der Waals surface area (Å²) in [5.74, 6) is -0.895. The number of benzene rings is 1. The normalized spacial score (nSPS) is 22.6. The smallest absolute Gasteiger partial charge is 0.314 e. The Morgan fingerprint density at radius 2 is 2.00 bits per heavy atom. The van der Waals surface area contributed by atoms with Gasteiger partial charge in [-0.15, -0.1) is 0 Å². The van der Waals surface area contributed by atoms with Gasteiger partial charge >= 0.3 is 12.1 Å². The van der Waals surface area contributed by atoms with Crippen molar-refractivity contribution >= 4 is 24.2 Å². The zero-order valence-corrected chi connectivity index (χ0v) is 11.7. The highest BCUT2D eigenvalue weighted by Crippen LogP contribution is 2.13. The Bertz CT molecular complexity index is 677. The second-order valence-electron chi connectivity index (χ2n) is 4.96. The fraction of sp³-hybridized carbons (Fsp3) is 0.231. The van der Waals surface area contributed by atoms with Gasteiger partial charge in [0.05, 0.1) is 6.21 Å². The van der Waals surface area contributed by atoms with Crippen LogP contribution in [-0.4, -0.2) is 48.0 Å². The molecule has 5 amide bonds. The lowest BCUT2D eigenvalue weighted by Gasteiger charge is -2.19. The average molecular weight is 320 g/mol. The van der Waals surface area contributed by atoms with Crippen molar-refractivity contribution in [2.75, 3.05) is 6.54 Å². The lowest BCUT2D eigenvalue weighted by Crippen LogP contribution is -2.47. The molecule has 2 aliphatic heterocycles. The summed E-state index contributed by atoms with van der Waals surface area (Å²) in [7, 11) is 0. The molecule has 120 valence electrons. The van der Waals surface area contributed by atoms with Crippen LogP contribution in [-0.2, 0) is 4.79 Å². The van der Waals surface area contributed by atoms with Crippen molar-refractivity contribution in [3.8, 4) is 0 Å². The Hall–Kier alpha value is -3.17. The van der Waals surface area contributed by atoms with Crippen LogP contribution in [0.3, 0.4) is 0 Å². The van der Waals surface area contributed by atoms with Crippen molar-refractivity contribution in [1.29, 1.82) is 0 Å². The molecule has 1 aromatic rings. The second kappa shape index (κ2) is 5.91. The number of carbonyl (C=O) groups excluding carboxylic acids is 3. The average Bonchev–Trinajstić information content (AvgIpc) is 2.98. The van der Waals surface area contributed by atoms with E-state index in [0.717, 1.165) is 0 Å². The van der Waals surface area contributed by atoms with Crippen LogP contribution in [0, 0.1) is 5.82 Å². The number of carbonyl (C=O) groups is 3. The number of halogens is 1. The first-order valence-corrected chi connectivity index (χ1v) is 6.74. The lowest BCUT2D eigenvalue weighted by molar-refractivity contribution is -0.121. The molecule has 0 bridgehead atoms. The third-order valence-corrected chi connectivity index (χ3v) is 3.34. The minimum absolute atomic E-state index is 0.268. The number of fused-ring (bicyclic) bond motifs is 1. The summed E-state index contributed by atoms with van der Waals surface area (Å²) in [6.45, 7) is -0.268. The Balaban J connectivity index is 1.54. The number of rotatable bonds is 4. The van der Waals surface area contributed by atoms with E-state index in [-0.39, 0.29) is 12.4 Å². The van der Waals surface area contributed by atoms with Gasteiger partial charge in [0.1, 0.15) is 24.7 Å². The molecule has 2 atom stereocenters. The molecule has 4 N–H and O–H groups in total. The Morgan fingerprint density at radius 3 is 2.74 bits per heavy atom. The number of amides is 5. The van der Waals surface area contributed by atoms with E-state index in [9.17, 15) is 18.8 Å². The predicted octanol–water partition coefficient (Wildman–Crippen LogP) is -0.734. The molecule has 2 aliphatic rings.